The molecule has 0 spiro atoms. The molecule has 0 saturated carbocycles. The Kier molecular flexibility index (Phi) is 32.3. The number of allylic oxidation sites excluding steroid dienone is 7. The fourth-order valence-corrected chi connectivity index (χ4v) is 5.13. The zero-order valence-electron chi connectivity index (χ0n) is 27.0. The van der Waals surface area contributed by atoms with E-state index in [4.69, 9.17) is 0 Å². The molecule has 0 atom stereocenters. The van der Waals surface area contributed by atoms with Crippen LogP contribution in [0.2, 0.25) is 0 Å². The van der Waals surface area contributed by atoms with E-state index in [1.807, 2.05) is 12.2 Å². The van der Waals surface area contributed by atoms with Crippen LogP contribution in [0, 0.1) is 0 Å². The van der Waals surface area contributed by atoms with Crippen LogP contribution in [0.15, 0.2) is 48.1 Å². The van der Waals surface area contributed by atoms with Gasteiger partial charge in [-0.15, -0.1) is 0 Å². The minimum Gasteiger partial charge on any atom is -0.478 e. The van der Waals surface area contributed by atoms with Gasteiger partial charge in [-0.1, -0.05) is 172 Å². The fourth-order valence-electron chi connectivity index (χ4n) is 5.13. The van der Waals surface area contributed by atoms with Crippen molar-refractivity contribution in [2.24, 2.45) is 0 Å². The minimum atomic E-state index is -0.756. The van der Waals surface area contributed by atoms with Crippen molar-refractivity contribution in [1.82, 2.24) is 0 Å². The monoisotopic (exact) mass is 557 g/mol. The Hall–Kier alpha value is -1.57. The quantitative estimate of drug-likeness (QED) is 0.0399. The zero-order valence-corrected chi connectivity index (χ0v) is 27.0. The first-order valence-corrected chi connectivity index (χ1v) is 17.6. The summed E-state index contributed by atoms with van der Waals surface area (Å²) < 4.78 is 0. The molecule has 0 radical (unpaired) electrons. The van der Waals surface area contributed by atoms with Crippen LogP contribution < -0.4 is 0 Å². The average molecular weight is 557 g/mol. The molecule has 1 N–H and O–H groups in total. The lowest BCUT2D eigenvalue weighted by Crippen LogP contribution is -2.00. The molecule has 0 unspecified atom stereocenters. The first-order chi connectivity index (χ1) is 19.7. The number of hydrogen-bond donors (Lipinski definition) is 1. The van der Waals surface area contributed by atoms with Gasteiger partial charge in [0.2, 0.25) is 0 Å². The smallest absolute Gasteiger partial charge is 0.331 e. The van der Waals surface area contributed by atoms with Gasteiger partial charge in [-0.3, -0.25) is 0 Å². The van der Waals surface area contributed by atoms with Crippen molar-refractivity contribution in [3.63, 3.8) is 0 Å². The Balaban J connectivity index is 3.62. The van der Waals surface area contributed by atoms with Gasteiger partial charge in [0.15, 0.2) is 0 Å². The average Bonchev–Trinajstić information content (AvgIpc) is 2.95. The highest BCUT2D eigenvalue weighted by molar-refractivity contribution is 5.86. The number of carbonyl (C=O) groups is 1. The number of carboxylic acids is 1. The Morgan fingerprint density at radius 2 is 0.850 bits per heavy atom. The molecule has 2 heteroatoms. The van der Waals surface area contributed by atoms with E-state index >= 15 is 0 Å². The molecule has 232 valence electrons. The number of aliphatic carboxylic acids is 1. The first kappa shape index (κ1) is 38.4. The third-order valence-corrected chi connectivity index (χ3v) is 7.83. The van der Waals surface area contributed by atoms with Crippen molar-refractivity contribution in [3.05, 3.63) is 48.1 Å². The topological polar surface area (TPSA) is 37.3 Å². The molecule has 2 nitrogen and oxygen atoms in total. The highest BCUT2D eigenvalue weighted by atomic mass is 16.4. The van der Waals surface area contributed by atoms with Crippen molar-refractivity contribution >= 4 is 5.97 Å². The summed E-state index contributed by atoms with van der Waals surface area (Å²) >= 11 is 0. The lowest BCUT2D eigenvalue weighted by Gasteiger charge is -2.03. The highest BCUT2D eigenvalue weighted by Gasteiger charge is 2.05. The van der Waals surface area contributed by atoms with Crippen molar-refractivity contribution in [3.8, 4) is 0 Å². The number of unbranched alkanes of at least 4 members (excludes halogenated alkanes) is 22. The summed E-state index contributed by atoms with van der Waals surface area (Å²) in [7, 11) is 0. The molecule has 40 heavy (non-hydrogen) atoms. The molecule has 0 saturated heterocycles. The summed E-state index contributed by atoms with van der Waals surface area (Å²) in [5.74, 6) is -0.756. The molecule has 0 aliphatic heterocycles. The number of rotatable bonds is 31. The van der Waals surface area contributed by atoms with E-state index in [-0.39, 0.29) is 0 Å². The van der Waals surface area contributed by atoms with Gasteiger partial charge in [0, 0.05) is 5.57 Å². The van der Waals surface area contributed by atoms with Gasteiger partial charge in [-0.05, 0) is 57.8 Å². The van der Waals surface area contributed by atoms with E-state index in [1.165, 1.54) is 141 Å². The van der Waals surface area contributed by atoms with Crippen molar-refractivity contribution in [2.45, 2.75) is 187 Å². The maximum Gasteiger partial charge on any atom is 0.331 e. The van der Waals surface area contributed by atoms with Crippen molar-refractivity contribution < 1.29 is 9.90 Å². The second-order valence-corrected chi connectivity index (χ2v) is 11.8. The largest absolute Gasteiger partial charge is 0.478 e. The fraction of sp³-hybridized carbons (Fsp3) is 0.763. The van der Waals surface area contributed by atoms with Crippen LogP contribution in [-0.2, 0) is 4.79 Å². The minimum absolute atomic E-state index is 0.561. The van der Waals surface area contributed by atoms with Gasteiger partial charge in [-0.2, -0.15) is 0 Å². The van der Waals surface area contributed by atoms with Gasteiger partial charge >= 0.3 is 5.97 Å². The molecule has 0 heterocycles. The zero-order chi connectivity index (χ0) is 29.2. The van der Waals surface area contributed by atoms with Crippen LogP contribution in [0.25, 0.3) is 0 Å². The van der Waals surface area contributed by atoms with E-state index in [0.29, 0.717) is 12.0 Å². The Morgan fingerprint density at radius 1 is 0.475 bits per heavy atom. The molecule has 0 bridgehead atoms. The highest BCUT2D eigenvalue weighted by Crippen LogP contribution is 2.15. The lowest BCUT2D eigenvalue weighted by atomic mass is 10.0. The van der Waals surface area contributed by atoms with Gasteiger partial charge in [-0.25, -0.2) is 4.79 Å². The van der Waals surface area contributed by atoms with E-state index in [2.05, 4.69) is 44.2 Å². The molecular weight excluding hydrogens is 488 g/mol. The predicted octanol–water partition coefficient (Wildman–Crippen LogP) is 13.2. The van der Waals surface area contributed by atoms with Crippen LogP contribution in [0.3, 0.4) is 0 Å². The van der Waals surface area contributed by atoms with Gasteiger partial charge in [0.05, 0.1) is 0 Å². The van der Waals surface area contributed by atoms with E-state index < -0.39 is 5.97 Å². The maximum atomic E-state index is 11.6. The molecule has 0 fully saturated rings. The Bertz CT molecular complexity index is 640. The molecule has 0 aromatic rings. The SMILES string of the molecule is CCCCC/C=C\C/C=C\CCCCCCCC/C(=C/C=C/CCCCCCCCCCCCCCC)C(=O)O. The van der Waals surface area contributed by atoms with Crippen LogP contribution in [0.4, 0.5) is 0 Å². The van der Waals surface area contributed by atoms with Crippen LogP contribution in [0.1, 0.15) is 187 Å². The standard InChI is InChI=1S/C38H68O2/c1-3-5-7-9-11-13-15-17-19-21-23-25-27-29-31-33-35-37(38(39)40)36-34-32-30-28-26-24-22-20-18-16-14-12-10-8-6-4-2/h11,13,17,19,32,34,36H,3-10,12,14-16,18,20-31,33,35H2,1-2H3,(H,39,40)/b13-11-,19-17-,34-32+,37-36-. The number of hydrogen-bond acceptors (Lipinski definition) is 1. The Labute approximate surface area is 250 Å². The maximum absolute atomic E-state index is 11.6. The Morgan fingerprint density at radius 3 is 1.32 bits per heavy atom. The second-order valence-electron chi connectivity index (χ2n) is 11.8. The molecular formula is C38H68O2. The summed E-state index contributed by atoms with van der Waals surface area (Å²) in [5.41, 5.74) is 0.561. The molecule has 0 aliphatic carbocycles. The summed E-state index contributed by atoms with van der Waals surface area (Å²) in [5, 5.41) is 9.51. The predicted molar refractivity (Wildman–Crippen MR) is 179 cm³/mol. The summed E-state index contributed by atoms with van der Waals surface area (Å²) in [6.07, 6.45) is 49.4. The van der Waals surface area contributed by atoms with Crippen molar-refractivity contribution in [2.75, 3.05) is 0 Å². The molecule has 0 aromatic heterocycles. The van der Waals surface area contributed by atoms with Crippen LogP contribution in [0.5, 0.6) is 0 Å². The van der Waals surface area contributed by atoms with Gasteiger partial charge < -0.3 is 5.11 Å². The molecule has 0 aromatic carbocycles. The molecule has 0 aliphatic rings. The van der Waals surface area contributed by atoms with Gasteiger partial charge in [0.1, 0.15) is 0 Å². The lowest BCUT2D eigenvalue weighted by molar-refractivity contribution is -0.132. The normalized spacial score (nSPS) is 12.5. The second kappa shape index (κ2) is 33.6. The molecule has 0 amide bonds. The summed E-state index contributed by atoms with van der Waals surface area (Å²) in [6, 6.07) is 0. The van der Waals surface area contributed by atoms with E-state index in [1.54, 1.807) is 0 Å². The summed E-state index contributed by atoms with van der Waals surface area (Å²) in [6.45, 7) is 4.53. The van der Waals surface area contributed by atoms with Crippen LogP contribution in [-0.4, -0.2) is 11.1 Å². The molecule has 0 rings (SSSR count). The first-order valence-electron chi connectivity index (χ1n) is 17.6. The third-order valence-electron chi connectivity index (χ3n) is 7.83. The van der Waals surface area contributed by atoms with Crippen LogP contribution >= 0.6 is 0 Å². The van der Waals surface area contributed by atoms with Gasteiger partial charge in [0.25, 0.3) is 0 Å². The van der Waals surface area contributed by atoms with Crippen molar-refractivity contribution in [1.29, 1.82) is 0 Å². The summed E-state index contributed by atoms with van der Waals surface area (Å²) in [4.78, 5) is 11.6. The van der Waals surface area contributed by atoms with E-state index in [0.717, 1.165) is 25.7 Å². The number of carboxylic acid groups (broad SMARTS) is 1. The third kappa shape index (κ3) is 31.0. The van der Waals surface area contributed by atoms with E-state index in [9.17, 15) is 9.90 Å².